The van der Waals surface area contributed by atoms with Crippen molar-refractivity contribution in [2.45, 2.75) is 19.9 Å². The van der Waals surface area contributed by atoms with Crippen molar-refractivity contribution in [1.82, 2.24) is 9.55 Å². The van der Waals surface area contributed by atoms with Gasteiger partial charge in [0.1, 0.15) is 6.61 Å². The van der Waals surface area contributed by atoms with Crippen LogP contribution in [0.1, 0.15) is 12.6 Å². The number of aromatic nitrogens is 2. The molecule has 1 aromatic rings. The van der Waals surface area contributed by atoms with Crippen LogP contribution in [0.3, 0.4) is 0 Å². The van der Waals surface area contributed by atoms with Crippen LogP contribution in [0.5, 0.6) is 6.01 Å². The minimum Gasteiger partial charge on any atom is -0.463 e. The lowest BCUT2D eigenvalue weighted by Gasteiger charge is -2.04. The van der Waals surface area contributed by atoms with Crippen molar-refractivity contribution in [3.05, 3.63) is 22.1 Å². The van der Waals surface area contributed by atoms with Gasteiger partial charge in [0, 0.05) is 11.8 Å². The molecule has 0 spiro atoms. The third kappa shape index (κ3) is 0.995. The highest BCUT2D eigenvalue weighted by atomic mass is 16.5. The normalized spacial score (nSPS) is 14.1. The van der Waals surface area contributed by atoms with Gasteiger partial charge in [0.15, 0.2) is 0 Å². The van der Waals surface area contributed by atoms with E-state index in [-0.39, 0.29) is 5.56 Å². The van der Waals surface area contributed by atoms with E-state index >= 15 is 0 Å². The van der Waals surface area contributed by atoms with E-state index in [2.05, 4.69) is 4.98 Å². The highest BCUT2D eigenvalue weighted by Gasteiger charge is 2.14. The fourth-order valence-electron chi connectivity index (χ4n) is 1.40. The summed E-state index contributed by atoms with van der Waals surface area (Å²) in [6.07, 6.45) is 0.841. The van der Waals surface area contributed by atoms with Crippen LogP contribution in [0, 0.1) is 0 Å². The summed E-state index contributed by atoms with van der Waals surface area (Å²) in [4.78, 5) is 14.8. The molecule has 0 saturated carbocycles. The van der Waals surface area contributed by atoms with Gasteiger partial charge in [0.25, 0.3) is 11.6 Å². The number of rotatable bonds is 1. The molecule has 1 aliphatic rings. The average Bonchev–Trinajstić information content (AvgIpc) is 2.50. The van der Waals surface area contributed by atoms with Crippen LogP contribution in [-0.2, 0) is 13.0 Å². The third-order valence-electron chi connectivity index (χ3n) is 1.98. The zero-order valence-electron chi connectivity index (χ0n) is 6.91. The average molecular weight is 166 g/mol. The molecule has 0 radical (unpaired) electrons. The monoisotopic (exact) mass is 166 g/mol. The number of ether oxygens (including phenoxy) is 1. The van der Waals surface area contributed by atoms with Gasteiger partial charge in [-0.15, -0.1) is 0 Å². The maximum absolute atomic E-state index is 11.0. The molecule has 2 heterocycles. The van der Waals surface area contributed by atoms with E-state index in [4.69, 9.17) is 4.74 Å². The fraction of sp³-hybridized carbons (Fsp3) is 0.500. The molecule has 0 aromatic carbocycles. The van der Waals surface area contributed by atoms with Gasteiger partial charge in [0.2, 0.25) is 0 Å². The lowest BCUT2D eigenvalue weighted by Crippen LogP contribution is -2.12. The third-order valence-corrected chi connectivity index (χ3v) is 1.98. The second-order valence-corrected chi connectivity index (χ2v) is 2.72. The van der Waals surface area contributed by atoms with Gasteiger partial charge >= 0.3 is 0 Å². The summed E-state index contributed by atoms with van der Waals surface area (Å²) in [6, 6.07) is 2.04. The zero-order valence-corrected chi connectivity index (χ0v) is 6.91. The Bertz CT molecular complexity index is 357. The van der Waals surface area contributed by atoms with E-state index in [0.29, 0.717) is 12.6 Å². The van der Waals surface area contributed by atoms with Crippen molar-refractivity contribution >= 4 is 0 Å². The maximum atomic E-state index is 11.0. The molecule has 4 heteroatoms. The van der Waals surface area contributed by atoms with Crippen molar-refractivity contribution in [2.24, 2.45) is 0 Å². The minimum absolute atomic E-state index is 0.208. The van der Waals surface area contributed by atoms with Crippen molar-refractivity contribution in [2.75, 3.05) is 6.61 Å². The van der Waals surface area contributed by atoms with Crippen LogP contribution < -0.4 is 10.3 Å². The van der Waals surface area contributed by atoms with Gasteiger partial charge in [-0.25, -0.2) is 0 Å². The second kappa shape index (κ2) is 2.62. The van der Waals surface area contributed by atoms with Crippen LogP contribution in [0.25, 0.3) is 0 Å². The Balaban J connectivity index is 2.62. The van der Waals surface area contributed by atoms with Crippen LogP contribution in [0.4, 0.5) is 0 Å². The molecule has 1 aliphatic heterocycles. The SMILES string of the molecule is CCc1cc(=O)nc2n1CCO2. The molecule has 4 nitrogen and oxygen atoms in total. The van der Waals surface area contributed by atoms with E-state index < -0.39 is 0 Å². The Morgan fingerprint density at radius 2 is 2.58 bits per heavy atom. The molecular formula is C8H10N2O2. The van der Waals surface area contributed by atoms with Gasteiger partial charge in [-0.05, 0) is 6.42 Å². The standard InChI is InChI=1S/C8H10N2O2/c1-2-6-5-7(11)9-8-10(6)3-4-12-8/h5H,2-4H2,1H3. The van der Waals surface area contributed by atoms with Gasteiger partial charge in [0.05, 0.1) is 6.54 Å². The van der Waals surface area contributed by atoms with Gasteiger partial charge < -0.3 is 4.74 Å². The van der Waals surface area contributed by atoms with Gasteiger partial charge in [-0.3, -0.25) is 9.36 Å². The highest BCUT2D eigenvalue weighted by molar-refractivity contribution is 5.11. The summed E-state index contributed by atoms with van der Waals surface area (Å²) < 4.78 is 7.12. The van der Waals surface area contributed by atoms with Crippen molar-refractivity contribution in [3.63, 3.8) is 0 Å². The highest BCUT2D eigenvalue weighted by Crippen LogP contribution is 2.14. The predicted molar refractivity (Wildman–Crippen MR) is 43.4 cm³/mol. The maximum Gasteiger partial charge on any atom is 0.300 e. The van der Waals surface area contributed by atoms with E-state index in [1.165, 1.54) is 0 Å². The Kier molecular flexibility index (Phi) is 1.60. The molecule has 1 aromatic heterocycles. The molecule has 2 rings (SSSR count). The number of hydrogen-bond acceptors (Lipinski definition) is 3. The smallest absolute Gasteiger partial charge is 0.300 e. The molecule has 12 heavy (non-hydrogen) atoms. The summed E-state index contributed by atoms with van der Waals surface area (Å²) in [5, 5.41) is 0. The summed E-state index contributed by atoms with van der Waals surface area (Å²) in [6.45, 7) is 3.45. The summed E-state index contributed by atoms with van der Waals surface area (Å²) in [5.74, 6) is 0. The first kappa shape index (κ1) is 7.34. The lowest BCUT2D eigenvalue weighted by atomic mass is 10.3. The van der Waals surface area contributed by atoms with Gasteiger partial charge in [-0.1, -0.05) is 6.92 Å². The first-order chi connectivity index (χ1) is 5.81. The van der Waals surface area contributed by atoms with Crippen LogP contribution in [-0.4, -0.2) is 16.2 Å². The molecule has 0 fully saturated rings. The molecule has 0 atom stereocenters. The quantitative estimate of drug-likeness (QED) is 0.598. The van der Waals surface area contributed by atoms with Crippen molar-refractivity contribution < 1.29 is 4.74 Å². The first-order valence-corrected chi connectivity index (χ1v) is 4.05. The van der Waals surface area contributed by atoms with Crippen LogP contribution in [0.2, 0.25) is 0 Å². The number of aryl methyl sites for hydroxylation is 1. The number of hydrogen-bond donors (Lipinski definition) is 0. The predicted octanol–water partition coefficient (Wildman–Crippen LogP) is 0.198. The van der Waals surface area contributed by atoms with Crippen molar-refractivity contribution in [3.8, 4) is 6.01 Å². The van der Waals surface area contributed by atoms with E-state index in [0.717, 1.165) is 18.7 Å². The fourth-order valence-corrected chi connectivity index (χ4v) is 1.40. The Morgan fingerprint density at radius 3 is 3.33 bits per heavy atom. The number of nitrogens with zero attached hydrogens (tertiary/aromatic N) is 2. The van der Waals surface area contributed by atoms with Gasteiger partial charge in [-0.2, -0.15) is 4.98 Å². The lowest BCUT2D eigenvalue weighted by molar-refractivity contribution is 0.343. The summed E-state index contributed by atoms with van der Waals surface area (Å²) >= 11 is 0. The van der Waals surface area contributed by atoms with E-state index in [1.807, 2.05) is 11.5 Å². The summed E-state index contributed by atoms with van der Waals surface area (Å²) in [7, 11) is 0. The molecule has 0 amide bonds. The largest absolute Gasteiger partial charge is 0.463 e. The second-order valence-electron chi connectivity index (χ2n) is 2.72. The number of fused-ring (bicyclic) bond motifs is 1. The van der Waals surface area contributed by atoms with Crippen LogP contribution in [0.15, 0.2) is 10.9 Å². The molecule has 0 N–H and O–H groups in total. The molecule has 0 bridgehead atoms. The molecule has 64 valence electrons. The molecule has 0 aliphatic carbocycles. The molecule has 0 saturated heterocycles. The molecular weight excluding hydrogens is 156 g/mol. The van der Waals surface area contributed by atoms with Crippen molar-refractivity contribution in [1.29, 1.82) is 0 Å². The molecule has 0 unspecified atom stereocenters. The van der Waals surface area contributed by atoms with E-state index in [1.54, 1.807) is 6.07 Å². The topological polar surface area (TPSA) is 44.1 Å². The van der Waals surface area contributed by atoms with Crippen LogP contribution >= 0.6 is 0 Å². The zero-order chi connectivity index (χ0) is 8.55. The summed E-state index contributed by atoms with van der Waals surface area (Å²) in [5.41, 5.74) is 0.794. The first-order valence-electron chi connectivity index (χ1n) is 4.05. The minimum atomic E-state index is -0.208. The Hall–Kier alpha value is -1.32. The Labute approximate surface area is 69.8 Å². The van der Waals surface area contributed by atoms with E-state index in [9.17, 15) is 4.79 Å². The Morgan fingerprint density at radius 1 is 1.75 bits per heavy atom.